The van der Waals surface area contributed by atoms with Crippen LogP contribution in [0.2, 0.25) is 0 Å². The minimum Gasteiger partial charge on any atom is -0.211 e. The van der Waals surface area contributed by atoms with Crippen molar-refractivity contribution in [2.75, 3.05) is 6.54 Å². The Labute approximate surface area is 117 Å². The fraction of sp³-hybridized carbons (Fsp3) is 0.538. The van der Waals surface area contributed by atoms with Crippen LogP contribution in [0.1, 0.15) is 31.7 Å². The lowest BCUT2D eigenvalue weighted by Crippen LogP contribution is -2.30. The molecule has 0 heterocycles. The van der Waals surface area contributed by atoms with Gasteiger partial charge in [0.1, 0.15) is 0 Å². The average molecular weight is 332 g/mol. The van der Waals surface area contributed by atoms with Crippen molar-refractivity contribution in [1.29, 1.82) is 0 Å². The van der Waals surface area contributed by atoms with E-state index in [2.05, 4.69) is 27.6 Å². The molecule has 1 aromatic carbocycles. The van der Waals surface area contributed by atoms with Gasteiger partial charge < -0.3 is 0 Å². The van der Waals surface area contributed by atoms with E-state index in [9.17, 15) is 8.42 Å². The molecular formula is C13H18BrNO2S. The molecule has 100 valence electrons. The lowest BCUT2D eigenvalue weighted by atomic mass is 10.1. The summed E-state index contributed by atoms with van der Waals surface area (Å²) in [5, 5.41) is 0.736. The zero-order chi connectivity index (χ0) is 13.2. The summed E-state index contributed by atoms with van der Waals surface area (Å²) in [6, 6.07) is 6.97. The van der Waals surface area contributed by atoms with Crippen molar-refractivity contribution < 1.29 is 8.42 Å². The van der Waals surface area contributed by atoms with Crippen LogP contribution < -0.4 is 4.72 Å². The van der Waals surface area contributed by atoms with Gasteiger partial charge in [0.25, 0.3) is 0 Å². The van der Waals surface area contributed by atoms with Crippen LogP contribution in [0, 0.1) is 5.41 Å². The maximum Gasteiger partial charge on any atom is 0.240 e. The highest BCUT2D eigenvalue weighted by Crippen LogP contribution is 2.48. The van der Waals surface area contributed by atoms with Crippen LogP contribution >= 0.6 is 15.9 Å². The number of benzene rings is 1. The highest BCUT2D eigenvalue weighted by Gasteiger charge is 2.41. The number of nitrogens with one attached hydrogen (secondary N) is 1. The number of alkyl halides is 1. The molecule has 0 bridgehead atoms. The molecule has 18 heavy (non-hydrogen) atoms. The molecule has 0 radical (unpaired) electrons. The largest absolute Gasteiger partial charge is 0.240 e. The van der Waals surface area contributed by atoms with Crippen molar-refractivity contribution in [3.05, 3.63) is 29.8 Å². The number of halogens is 1. The van der Waals surface area contributed by atoms with Crippen molar-refractivity contribution in [3.8, 4) is 0 Å². The zero-order valence-electron chi connectivity index (χ0n) is 10.4. The van der Waals surface area contributed by atoms with Crippen LogP contribution in [-0.4, -0.2) is 15.0 Å². The molecule has 3 nitrogen and oxygen atoms in total. The molecule has 2 rings (SSSR count). The molecule has 1 aliphatic rings. The van der Waals surface area contributed by atoms with E-state index in [-0.39, 0.29) is 5.41 Å². The van der Waals surface area contributed by atoms with E-state index in [1.54, 1.807) is 12.1 Å². The average Bonchev–Trinajstić information content (AvgIpc) is 3.17. The second-order valence-corrected chi connectivity index (χ2v) is 7.28. The second kappa shape index (κ2) is 5.31. The first-order chi connectivity index (χ1) is 8.51. The Morgan fingerprint density at radius 2 is 1.89 bits per heavy atom. The molecule has 1 saturated carbocycles. The van der Waals surface area contributed by atoms with Crippen molar-refractivity contribution in [3.63, 3.8) is 0 Å². The Bertz CT molecular complexity index is 506. The van der Waals surface area contributed by atoms with E-state index in [1.807, 2.05) is 12.1 Å². The topological polar surface area (TPSA) is 46.2 Å². The molecule has 1 N–H and O–H groups in total. The Balaban J connectivity index is 2.05. The maximum absolute atomic E-state index is 12.1. The van der Waals surface area contributed by atoms with Crippen LogP contribution in [0.15, 0.2) is 29.2 Å². The minimum absolute atomic E-state index is 0.225. The third-order valence-corrected chi connectivity index (χ3v) is 5.80. The Morgan fingerprint density at radius 3 is 2.33 bits per heavy atom. The van der Waals surface area contributed by atoms with E-state index in [0.717, 1.165) is 30.2 Å². The Morgan fingerprint density at radius 1 is 1.28 bits per heavy atom. The lowest BCUT2D eigenvalue weighted by Gasteiger charge is -2.13. The summed E-state index contributed by atoms with van der Waals surface area (Å²) in [7, 11) is -3.35. The lowest BCUT2D eigenvalue weighted by molar-refractivity contribution is 0.475. The van der Waals surface area contributed by atoms with Crippen molar-refractivity contribution in [2.24, 2.45) is 5.41 Å². The standard InChI is InChI=1S/C13H18BrNO2S/c1-2-13(7-8-13)10-15-18(16,17)12-5-3-11(9-14)4-6-12/h3-6,15H,2,7-10H2,1H3. The van der Waals surface area contributed by atoms with E-state index in [1.165, 1.54) is 0 Å². The molecule has 5 heteroatoms. The predicted octanol–water partition coefficient (Wildman–Crippen LogP) is 3.05. The molecule has 0 aromatic heterocycles. The summed E-state index contributed by atoms with van der Waals surface area (Å²) >= 11 is 3.34. The molecule has 1 aromatic rings. The SMILES string of the molecule is CCC1(CNS(=O)(=O)c2ccc(CBr)cc2)CC1. The molecule has 1 fully saturated rings. The first-order valence-electron chi connectivity index (χ1n) is 6.16. The van der Waals surface area contributed by atoms with Gasteiger partial charge in [0.2, 0.25) is 10.0 Å². The van der Waals surface area contributed by atoms with Gasteiger partial charge in [0.05, 0.1) is 4.90 Å². The number of rotatable bonds is 6. The van der Waals surface area contributed by atoms with Gasteiger partial charge in [-0.1, -0.05) is 35.0 Å². The van der Waals surface area contributed by atoms with Crippen LogP contribution in [0.5, 0.6) is 0 Å². The molecule has 0 unspecified atom stereocenters. The first kappa shape index (κ1) is 14.0. The van der Waals surface area contributed by atoms with Crippen molar-refractivity contribution >= 4 is 26.0 Å². The smallest absolute Gasteiger partial charge is 0.211 e. The fourth-order valence-electron chi connectivity index (χ4n) is 1.92. The third-order valence-electron chi connectivity index (χ3n) is 3.73. The summed E-state index contributed by atoms with van der Waals surface area (Å²) in [5.41, 5.74) is 1.30. The number of sulfonamides is 1. The van der Waals surface area contributed by atoms with Crippen LogP contribution in [0.4, 0.5) is 0 Å². The first-order valence-corrected chi connectivity index (χ1v) is 8.76. The molecule has 0 aliphatic heterocycles. The highest BCUT2D eigenvalue weighted by atomic mass is 79.9. The molecule has 0 spiro atoms. The van der Waals surface area contributed by atoms with Gasteiger partial charge in [-0.15, -0.1) is 0 Å². The summed E-state index contributed by atoms with van der Waals surface area (Å²) in [5.74, 6) is 0. The van der Waals surface area contributed by atoms with Gasteiger partial charge in [0.15, 0.2) is 0 Å². The Hall–Kier alpha value is -0.390. The van der Waals surface area contributed by atoms with Crippen LogP contribution in [-0.2, 0) is 15.4 Å². The molecule has 1 aliphatic carbocycles. The van der Waals surface area contributed by atoms with Gasteiger partial charge >= 0.3 is 0 Å². The third kappa shape index (κ3) is 3.13. The second-order valence-electron chi connectivity index (χ2n) is 4.96. The molecule has 0 saturated heterocycles. The van der Waals surface area contributed by atoms with Crippen LogP contribution in [0.25, 0.3) is 0 Å². The summed E-state index contributed by atoms with van der Waals surface area (Å²) < 4.78 is 26.9. The minimum atomic E-state index is -3.35. The van der Waals surface area contributed by atoms with E-state index >= 15 is 0 Å². The normalized spacial score (nSPS) is 17.7. The van der Waals surface area contributed by atoms with Gasteiger partial charge in [-0.25, -0.2) is 13.1 Å². The number of hydrogen-bond acceptors (Lipinski definition) is 2. The number of hydrogen-bond donors (Lipinski definition) is 1. The summed E-state index contributed by atoms with van der Waals surface area (Å²) in [6.07, 6.45) is 3.31. The summed E-state index contributed by atoms with van der Waals surface area (Å²) in [4.78, 5) is 0.346. The zero-order valence-corrected chi connectivity index (χ0v) is 12.9. The van der Waals surface area contributed by atoms with Gasteiger partial charge in [-0.05, 0) is 42.4 Å². The maximum atomic E-state index is 12.1. The predicted molar refractivity (Wildman–Crippen MR) is 76.2 cm³/mol. The fourth-order valence-corrected chi connectivity index (χ4v) is 3.45. The van der Waals surface area contributed by atoms with Crippen molar-refractivity contribution in [1.82, 2.24) is 4.72 Å². The van der Waals surface area contributed by atoms with Crippen LogP contribution in [0.3, 0.4) is 0 Å². The molecule has 0 atom stereocenters. The van der Waals surface area contributed by atoms with Gasteiger partial charge in [-0.3, -0.25) is 0 Å². The molecule has 0 amide bonds. The highest BCUT2D eigenvalue weighted by molar-refractivity contribution is 9.08. The monoisotopic (exact) mass is 331 g/mol. The van der Waals surface area contributed by atoms with Gasteiger partial charge in [0, 0.05) is 11.9 Å². The van der Waals surface area contributed by atoms with Crippen molar-refractivity contribution in [2.45, 2.75) is 36.4 Å². The summed E-state index contributed by atoms with van der Waals surface area (Å²) in [6.45, 7) is 2.68. The quantitative estimate of drug-likeness (QED) is 0.814. The molecular weight excluding hydrogens is 314 g/mol. The Kier molecular flexibility index (Phi) is 4.14. The van der Waals surface area contributed by atoms with E-state index in [4.69, 9.17) is 0 Å². The van der Waals surface area contributed by atoms with Gasteiger partial charge in [-0.2, -0.15) is 0 Å². The van der Waals surface area contributed by atoms with E-state index in [0.29, 0.717) is 11.4 Å². The van der Waals surface area contributed by atoms with E-state index < -0.39 is 10.0 Å².